The maximum Gasteiger partial charge on any atom is 0.416 e. The number of carbonyl (C=O) groups is 1. The molecule has 2 aromatic carbocycles. The number of aromatic nitrogens is 2. The summed E-state index contributed by atoms with van der Waals surface area (Å²) in [5.41, 5.74) is -0.0234. The molecule has 0 radical (unpaired) electrons. The van der Waals surface area contributed by atoms with Gasteiger partial charge in [-0.25, -0.2) is 4.98 Å². The molecule has 4 rings (SSSR count). The van der Waals surface area contributed by atoms with E-state index in [4.69, 9.17) is 0 Å². The van der Waals surface area contributed by atoms with Crippen molar-refractivity contribution >= 4 is 16.8 Å². The van der Waals surface area contributed by atoms with Gasteiger partial charge in [-0.1, -0.05) is 37.1 Å². The van der Waals surface area contributed by atoms with Crippen LogP contribution in [0.5, 0.6) is 0 Å². The van der Waals surface area contributed by atoms with Gasteiger partial charge in [-0.05, 0) is 42.7 Å². The second kappa shape index (κ2) is 8.53. The number of carbonyl (C=O) groups excluding carboxylic acids is 1. The Kier molecular flexibility index (Phi) is 5.80. The van der Waals surface area contributed by atoms with Crippen LogP contribution < -0.4 is 10.9 Å². The lowest BCUT2D eigenvalue weighted by molar-refractivity contribution is -0.137. The number of alkyl halides is 3. The average molecular weight is 429 g/mol. The number of nitrogens with zero attached hydrogens (tertiary/aromatic N) is 1. The monoisotopic (exact) mass is 429 g/mol. The van der Waals surface area contributed by atoms with Crippen molar-refractivity contribution in [2.24, 2.45) is 5.92 Å². The van der Waals surface area contributed by atoms with Crippen LogP contribution in [0.4, 0.5) is 13.2 Å². The predicted molar refractivity (Wildman–Crippen MR) is 110 cm³/mol. The van der Waals surface area contributed by atoms with E-state index in [9.17, 15) is 22.8 Å². The highest BCUT2D eigenvalue weighted by Crippen LogP contribution is 2.36. The average Bonchev–Trinajstić information content (AvgIpc) is 2.77. The minimum absolute atomic E-state index is 0.00758. The highest BCUT2D eigenvalue weighted by Gasteiger charge is 2.34. The Balaban J connectivity index is 1.53. The van der Waals surface area contributed by atoms with Crippen molar-refractivity contribution in [2.45, 2.75) is 44.3 Å². The van der Waals surface area contributed by atoms with Gasteiger partial charge in [0.15, 0.2) is 0 Å². The van der Waals surface area contributed by atoms with Gasteiger partial charge in [0.1, 0.15) is 5.82 Å². The molecule has 3 aromatic rings. The van der Waals surface area contributed by atoms with Crippen LogP contribution in [0.15, 0.2) is 53.3 Å². The first-order valence-corrected chi connectivity index (χ1v) is 10.3. The third-order valence-electron chi connectivity index (χ3n) is 5.81. The van der Waals surface area contributed by atoms with E-state index in [0.717, 1.165) is 25.0 Å². The molecule has 2 N–H and O–H groups in total. The smallest absolute Gasteiger partial charge is 0.352 e. The van der Waals surface area contributed by atoms with Crippen molar-refractivity contribution < 1.29 is 18.0 Å². The quantitative estimate of drug-likeness (QED) is 0.640. The molecule has 1 aromatic heterocycles. The van der Waals surface area contributed by atoms with Gasteiger partial charge in [0, 0.05) is 18.4 Å². The molecule has 1 aliphatic carbocycles. The zero-order chi connectivity index (χ0) is 22.0. The zero-order valence-electron chi connectivity index (χ0n) is 16.7. The fraction of sp³-hybridized carbons (Fsp3) is 0.348. The number of aromatic amines is 1. The van der Waals surface area contributed by atoms with E-state index < -0.39 is 17.7 Å². The Morgan fingerprint density at radius 3 is 2.68 bits per heavy atom. The first-order valence-electron chi connectivity index (χ1n) is 10.3. The van der Waals surface area contributed by atoms with Crippen LogP contribution >= 0.6 is 0 Å². The Labute approximate surface area is 176 Å². The van der Waals surface area contributed by atoms with Gasteiger partial charge >= 0.3 is 6.18 Å². The highest BCUT2D eigenvalue weighted by atomic mass is 19.4. The van der Waals surface area contributed by atoms with Gasteiger partial charge in [-0.2, -0.15) is 13.2 Å². The Bertz CT molecular complexity index is 1160. The number of para-hydroxylation sites is 1. The van der Waals surface area contributed by atoms with Gasteiger partial charge in [0.25, 0.3) is 5.56 Å². The molecule has 0 saturated heterocycles. The van der Waals surface area contributed by atoms with Crippen LogP contribution in [-0.4, -0.2) is 15.9 Å². The Morgan fingerprint density at radius 2 is 1.87 bits per heavy atom. The van der Waals surface area contributed by atoms with Crippen LogP contribution in [0.25, 0.3) is 10.9 Å². The fourth-order valence-corrected chi connectivity index (χ4v) is 4.23. The summed E-state index contributed by atoms with van der Waals surface area (Å²) in [6.45, 7) is 0.00758. The number of nitrogens with one attached hydrogen (secondary N) is 2. The van der Waals surface area contributed by atoms with Crippen LogP contribution in [-0.2, 0) is 17.5 Å². The van der Waals surface area contributed by atoms with Crippen LogP contribution in [0.3, 0.4) is 0 Å². The minimum Gasteiger partial charge on any atom is -0.352 e. The number of hydrogen-bond acceptors (Lipinski definition) is 3. The molecule has 8 heteroatoms. The molecule has 2 atom stereocenters. The van der Waals surface area contributed by atoms with Crippen molar-refractivity contribution in [1.82, 2.24) is 15.3 Å². The number of rotatable bonds is 4. The molecule has 31 heavy (non-hydrogen) atoms. The minimum atomic E-state index is -4.43. The SMILES string of the molecule is O=C(NCc1cccc(C(F)(F)F)c1)C1CCCCC1c1nc2ccccc2c(=O)[nH]1. The van der Waals surface area contributed by atoms with E-state index in [2.05, 4.69) is 15.3 Å². The van der Waals surface area contributed by atoms with Gasteiger partial charge in [0.2, 0.25) is 5.91 Å². The highest BCUT2D eigenvalue weighted by molar-refractivity contribution is 5.80. The molecule has 1 heterocycles. The first kappa shape index (κ1) is 21.1. The standard InChI is InChI=1S/C23H22F3N3O2/c24-23(25,26)15-7-5-6-14(12-15)13-27-21(30)17-9-2-1-8-16(17)20-28-19-11-4-3-10-18(19)22(31)29-20/h3-7,10-12,16-17H,1-2,8-9,13H2,(H,27,30)(H,28,29,31). The number of benzene rings is 2. The van der Waals surface area contributed by atoms with E-state index in [1.54, 1.807) is 30.3 Å². The molecule has 0 aliphatic heterocycles. The number of fused-ring (bicyclic) bond motifs is 1. The topological polar surface area (TPSA) is 74.8 Å². The molecule has 2 unspecified atom stereocenters. The van der Waals surface area contributed by atoms with Crippen molar-refractivity contribution in [3.05, 3.63) is 75.8 Å². The summed E-state index contributed by atoms with van der Waals surface area (Å²) >= 11 is 0. The summed E-state index contributed by atoms with van der Waals surface area (Å²) in [4.78, 5) is 32.8. The second-order valence-corrected chi connectivity index (χ2v) is 7.88. The van der Waals surface area contributed by atoms with E-state index in [1.807, 2.05) is 0 Å². The molecule has 0 spiro atoms. The van der Waals surface area contributed by atoms with Crippen LogP contribution in [0, 0.1) is 5.92 Å². The molecule has 1 fully saturated rings. The van der Waals surface area contributed by atoms with E-state index >= 15 is 0 Å². The number of H-pyrrole nitrogens is 1. The second-order valence-electron chi connectivity index (χ2n) is 7.88. The molecule has 1 saturated carbocycles. The lowest BCUT2D eigenvalue weighted by Crippen LogP contribution is -2.36. The van der Waals surface area contributed by atoms with Crippen LogP contribution in [0.2, 0.25) is 0 Å². The van der Waals surface area contributed by atoms with Crippen LogP contribution in [0.1, 0.15) is 48.6 Å². The summed E-state index contributed by atoms with van der Waals surface area (Å²) in [5.74, 6) is -0.392. The van der Waals surface area contributed by atoms with E-state index in [0.29, 0.717) is 35.1 Å². The summed E-state index contributed by atoms with van der Waals surface area (Å²) in [7, 11) is 0. The lowest BCUT2D eigenvalue weighted by Gasteiger charge is -2.30. The Morgan fingerprint density at radius 1 is 1.10 bits per heavy atom. The Hall–Kier alpha value is -3.16. The van der Waals surface area contributed by atoms with Gasteiger partial charge in [-0.15, -0.1) is 0 Å². The number of hydrogen-bond donors (Lipinski definition) is 2. The largest absolute Gasteiger partial charge is 0.416 e. The maximum absolute atomic E-state index is 12.9. The lowest BCUT2D eigenvalue weighted by atomic mass is 9.78. The molecule has 0 bridgehead atoms. The molecule has 5 nitrogen and oxygen atoms in total. The molecular formula is C23H22F3N3O2. The molecule has 1 amide bonds. The third-order valence-corrected chi connectivity index (χ3v) is 5.81. The summed E-state index contributed by atoms with van der Waals surface area (Å²) in [5, 5.41) is 3.27. The van der Waals surface area contributed by atoms with Crippen molar-refractivity contribution in [1.29, 1.82) is 0 Å². The van der Waals surface area contributed by atoms with E-state index in [-0.39, 0.29) is 23.9 Å². The van der Waals surface area contributed by atoms with Crippen molar-refractivity contribution in [2.75, 3.05) is 0 Å². The summed E-state index contributed by atoms with van der Waals surface area (Å²) < 4.78 is 38.8. The normalized spacial score (nSPS) is 19.3. The van der Waals surface area contributed by atoms with Crippen molar-refractivity contribution in [3.8, 4) is 0 Å². The maximum atomic E-state index is 12.9. The van der Waals surface area contributed by atoms with Crippen molar-refractivity contribution in [3.63, 3.8) is 0 Å². The van der Waals surface area contributed by atoms with Gasteiger partial charge in [-0.3, -0.25) is 9.59 Å². The summed E-state index contributed by atoms with van der Waals surface area (Å²) in [6.07, 6.45) is -1.30. The first-order chi connectivity index (χ1) is 14.8. The van der Waals surface area contributed by atoms with E-state index in [1.165, 1.54) is 6.07 Å². The van der Waals surface area contributed by atoms with Gasteiger partial charge in [0.05, 0.1) is 16.5 Å². The van der Waals surface area contributed by atoms with Gasteiger partial charge < -0.3 is 10.3 Å². The summed E-state index contributed by atoms with van der Waals surface area (Å²) in [6, 6.07) is 12.0. The molecule has 162 valence electrons. The fourth-order valence-electron chi connectivity index (χ4n) is 4.23. The molecular weight excluding hydrogens is 407 g/mol. The predicted octanol–water partition coefficient (Wildman–Crippen LogP) is 4.53. The molecule has 1 aliphatic rings. The number of amides is 1. The number of halogens is 3. The zero-order valence-corrected chi connectivity index (χ0v) is 16.7. The third kappa shape index (κ3) is 4.62.